The summed E-state index contributed by atoms with van der Waals surface area (Å²) in [4.78, 5) is 12.0. The average Bonchev–Trinajstić information content (AvgIpc) is 2.74. The molecule has 0 unspecified atom stereocenters. The first-order valence-corrected chi connectivity index (χ1v) is 7.71. The first-order chi connectivity index (χ1) is 10.9. The molecule has 8 heteroatoms. The Bertz CT molecular complexity index is 704. The minimum Gasteiger partial charge on any atom is -0.433 e. The van der Waals surface area contributed by atoms with Gasteiger partial charge in [-0.1, -0.05) is 12.1 Å². The van der Waals surface area contributed by atoms with E-state index in [1.54, 1.807) is 16.8 Å². The van der Waals surface area contributed by atoms with E-state index in [0.29, 0.717) is 6.54 Å². The third-order valence-corrected chi connectivity index (χ3v) is 4.37. The number of hydrogen-bond acceptors (Lipinski definition) is 3. The number of aryl methyl sites for hydroxylation is 2. The molecule has 0 aliphatic heterocycles. The summed E-state index contributed by atoms with van der Waals surface area (Å²) in [6, 6.07) is 6.07. The second kappa shape index (κ2) is 7.54. The van der Waals surface area contributed by atoms with E-state index in [-0.39, 0.29) is 23.8 Å². The van der Waals surface area contributed by atoms with Crippen molar-refractivity contribution in [3.8, 4) is 5.75 Å². The van der Waals surface area contributed by atoms with Crippen LogP contribution in [0.15, 0.2) is 28.7 Å². The highest BCUT2D eigenvalue weighted by molar-refractivity contribution is 9.10. The molecule has 1 amide bonds. The quantitative estimate of drug-likeness (QED) is 0.817. The Morgan fingerprint density at radius 2 is 2.09 bits per heavy atom. The van der Waals surface area contributed by atoms with Crippen molar-refractivity contribution < 1.29 is 18.3 Å². The van der Waals surface area contributed by atoms with Crippen molar-refractivity contribution in [1.82, 2.24) is 9.78 Å². The van der Waals surface area contributed by atoms with Gasteiger partial charge in [-0.15, -0.1) is 0 Å². The lowest BCUT2D eigenvalue weighted by molar-refractivity contribution is -0.116. The van der Waals surface area contributed by atoms with Gasteiger partial charge in [0.05, 0.1) is 22.4 Å². The van der Waals surface area contributed by atoms with Crippen molar-refractivity contribution in [2.24, 2.45) is 0 Å². The van der Waals surface area contributed by atoms with E-state index in [1.165, 1.54) is 12.1 Å². The SMILES string of the molecule is Cc1nn(CCC(=O)Nc2ccccc2OC(F)F)c(C)c1Br. The highest BCUT2D eigenvalue weighted by atomic mass is 79.9. The molecule has 1 aromatic heterocycles. The summed E-state index contributed by atoms with van der Waals surface area (Å²) < 4.78 is 31.7. The number of benzene rings is 1. The predicted molar refractivity (Wildman–Crippen MR) is 85.7 cm³/mol. The minimum absolute atomic E-state index is 0.0651. The molecule has 5 nitrogen and oxygen atoms in total. The molecule has 0 bridgehead atoms. The van der Waals surface area contributed by atoms with Gasteiger partial charge in [-0.25, -0.2) is 0 Å². The van der Waals surface area contributed by atoms with Gasteiger partial charge in [0, 0.05) is 12.1 Å². The Morgan fingerprint density at radius 3 is 2.70 bits per heavy atom. The van der Waals surface area contributed by atoms with Crippen molar-refractivity contribution >= 4 is 27.5 Å². The number of halogens is 3. The third-order valence-electron chi connectivity index (χ3n) is 3.22. The number of anilines is 1. The number of aromatic nitrogens is 2. The number of carbonyl (C=O) groups excluding carboxylic acids is 1. The van der Waals surface area contributed by atoms with E-state index < -0.39 is 6.61 Å². The maximum atomic E-state index is 12.3. The van der Waals surface area contributed by atoms with Crippen LogP contribution in [-0.4, -0.2) is 22.3 Å². The van der Waals surface area contributed by atoms with Crippen molar-refractivity contribution in [3.05, 3.63) is 40.1 Å². The zero-order chi connectivity index (χ0) is 17.0. The summed E-state index contributed by atoms with van der Waals surface area (Å²) in [6.07, 6.45) is 0.164. The van der Waals surface area contributed by atoms with E-state index in [9.17, 15) is 13.6 Å². The number of alkyl halides is 2. The number of rotatable bonds is 6. The standard InChI is InChI=1S/C15H16BrF2N3O2/c1-9-14(16)10(2)21(20-9)8-7-13(22)19-11-5-3-4-6-12(11)23-15(17)18/h3-6,15H,7-8H2,1-2H3,(H,19,22). The van der Waals surface area contributed by atoms with E-state index in [4.69, 9.17) is 0 Å². The van der Waals surface area contributed by atoms with Gasteiger partial charge in [-0.2, -0.15) is 13.9 Å². The van der Waals surface area contributed by atoms with Crippen LogP contribution in [0.1, 0.15) is 17.8 Å². The number of nitrogens with zero attached hydrogens (tertiary/aromatic N) is 2. The lowest BCUT2D eigenvalue weighted by atomic mass is 10.2. The molecule has 124 valence electrons. The zero-order valence-corrected chi connectivity index (χ0v) is 14.2. The molecular weight excluding hydrogens is 372 g/mol. The first kappa shape index (κ1) is 17.4. The molecule has 0 radical (unpaired) electrons. The van der Waals surface area contributed by atoms with Crippen molar-refractivity contribution in [2.45, 2.75) is 33.4 Å². The van der Waals surface area contributed by atoms with Crippen LogP contribution in [0.4, 0.5) is 14.5 Å². The number of carbonyl (C=O) groups is 1. The molecular formula is C15H16BrF2N3O2. The number of para-hydroxylation sites is 2. The second-order valence-corrected chi connectivity index (χ2v) is 5.67. The van der Waals surface area contributed by atoms with E-state index >= 15 is 0 Å². The molecule has 0 aliphatic carbocycles. The van der Waals surface area contributed by atoms with Crippen LogP contribution in [0, 0.1) is 13.8 Å². The van der Waals surface area contributed by atoms with Crippen LogP contribution in [0.2, 0.25) is 0 Å². The smallest absolute Gasteiger partial charge is 0.387 e. The van der Waals surface area contributed by atoms with Gasteiger partial charge in [-0.05, 0) is 41.9 Å². The lowest BCUT2D eigenvalue weighted by Crippen LogP contribution is -2.16. The summed E-state index contributed by atoms with van der Waals surface area (Å²) >= 11 is 3.42. The van der Waals surface area contributed by atoms with Crippen LogP contribution >= 0.6 is 15.9 Å². The topological polar surface area (TPSA) is 56.2 Å². The second-order valence-electron chi connectivity index (χ2n) is 4.88. The van der Waals surface area contributed by atoms with Gasteiger partial charge in [-0.3, -0.25) is 9.48 Å². The Balaban J connectivity index is 1.99. The molecule has 0 fully saturated rings. The Hall–Kier alpha value is -1.96. The van der Waals surface area contributed by atoms with Gasteiger partial charge in [0.1, 0.15) is 5.75 Å². The average molecular weight is 388 g/mol. The van der Waals surface area contributed by atoms with Crippen molar-refractivity contribution in [3.63, 3.8) is 0 Å². The highest BCUT2D eigenvalue weighted by Crippen LogP contribution is 2.25. The monoisotopic (exact) mass is 387 g/mol. The fraction of sp³-hybridized carbons (Fsp3) is 0.333. The maximum absolute atomic E-state index is 12.3. The van der Waals surface area contributed by atoms with Gasteiger partial charge in [0.2, 0.25) is 5.91 Å². The Labute approximate surface area is 140 Å². The number of amides is 1. The van der Waals surface area contributed by atoms with Gasteiger partial charge >= 0.3 is 6.61 Å². The minimum atomic E-state index is -2.94. The summed E-state index contributed by atoms with van der Waals surface area (Å²) in [7, 11) is 0. The number of ether oxygens (including phenoxy) is 1. The molecule has 23 heavy (non-hydrogen) atoms. The highest BCUT2D eigenvalue weighted by Gasteiger charge is 2.13. The van der Waals surface area contributed by atoms with Crippen LogP contribution < -0.4 is 10.1 Å². The van der Waals surface area contributed by atoms with E-state index in [1.807, 2.05) is 13.8 Å². The van der Waals surface area contributed by atoms with Gasteiger partial charge in [0.15, 0.2) is 0 Å². The van der Waals surface area contributed by atoms with E-state index in [2.05, 4.69) is 31.1 Å². The molecule has 1 N–H and O–H groups in total. The molecule has 0 saturated carbocycles. The number of hydrogen-bond donors (Lipinski definition) is 1. The molecule has 0 aliphatic rings. The lowest BCUT2D eigenvalue weighted by Gasteiger charge is -2.11. The number of nitrogens with one attached hydrogen (secondary N) is 1. The van der Waals surface area contributed by atoms with Crippen LogP contribution in [0.25, 0.3) is 0 Å². The van der Waals surface area contributed by atoms with Crippen LogP contribution in [-0.2, 0) is 11.3 Å². The van der Waals surface area contributed by atoms with Gasteiger partial charge in [0.25, 0.3) is 0 Å². The zero-order valence-electron chi connectivity index (χ0n) is 12.6. The van der Waals surface area contributed by atoms with Gasteiger partial charge < -0.3 is 10.1 Å². The fourth-order valence-electron chi connectivity index (χ4n) is 2.08. The fourth-order valence-corrected chi connectivity index (χ4v) is 2.37. The molecule has 1 aromatic carbocycles. The molecule has 0 spiro atoms. The predicted octanol–water partition coefficient (Wildman–Crippen LogP) is 3.89. The third kappa shape index (κ3) is 4.51. The van der Waals surface area contributed by atoms with Crippen molar-refractivity contribution in [1.29, 1.82) is 0 Å². The van der Waals surface area contributed by atoms with Crippen molar-refractivity contribution in [2.75, 3.05) is 5.32 Å². The molecule has 0 saturated heterocycles. The summed E-state index contributed by atoms with van der Waals surface area (Å²) in [6.45, 7) is 1.21. The molecule has 2 rings (SSSR count). The summed E-state index contributed by atoms with van der Waals surface area (Å²) in [5.41, 5.74) is 1.99. The summed E-state index contributed by atoms with van der Waals surface area (Å²) in [5.74, 6) is -0.372. The van der Waals surface area contributed by atoms with E-state index in [0.717, 1.165) is 15.9 Å². The molecule has 0 atom stereocenters. The first-order valence-electron chi connectivity index (χ1n) is 6.91. The summed E-state index contributed by atoms with van der Waals surface area (Å²) in [5, 5.41) is 6.89. The normalized spacial score (nSPS) is 10.9. The molecule has 1 heterocycles. The maximum Gasteiger partial charge on any atom is 0.387 e. The Kier molecular flexibility index (Phi) is 5.70. The Morgan fingerprint density at radius 1 is 1.39 bits per heavy atom. The van der Waals surface area contributed by atoms with Crippen LogP contribution in [0.3, 0.4) is 0 Å². The molecule has 2 aromatic rings. The largest absolute Gasteiger partial charge is 0.433 e. The van der Waals surface area contributed by atoms with Crippen LogP contribution in [0.5, 0.6) is 5.75 Å².